The lowest BCUT2D eigenvalue weighted by atomic mass is 9.96. The Morgan fingerprint density at radius 3 is 2.39 bits per heavy atom. The van der Waals surface area contributed by atoms with Crippen LogP contribution in [0.15, 0.2) is 0 Å². The van der Waals surface area contributed by atoms with E-state index in [1.807, 2.05) is 0 Å². The molecule has 0 radical (unpaired) electrons. The van der Waals surface area contributed by atoms with Crippen molar-refractivity contribution in [3.63, 3.8) is 0 Å². The first-order valence-corrected chi connectivity index (χ1v) is 5.43. The van der Waals surface area contributed by atoms with E-state index in [0.29, 0.717) is 0 Å². The summed E-state index contributed by atoms with van der Waals surface area (Å²) < 4.78 is 9.82. The molecular weight excluding hydrogens is 246 g/mol. The quantitative estimate of drug-likeness (QED) is 0.414. The third kappa shape index (κ3) is 3.39. The number of aliphatic hydroxyl groups excluding tert-OH is 3. The molecule has 0 aromatic heterocycles. The molecule has 0 unspecified atom stereocenters. The smallest absolute Gasteiger partial charge is 0.303 e. The topological polar surface area (TPSA) is 125 Å². The van der Waals surface area contributed by atoms with Crippen LogP contribution in [-0.4, -0.2) is 64.4 Å². The van der Waals surface area contributed by atoms with Gasteiger partial charge in [0.25, 0.3) is 0 Å². The van der Waals surface area contributed by atoms with Crippen molar-refractivity contribution >= 4 is 11.9 Å². The number of esters is 1. The second-order valence-electron chi connectivity index (χ2n) is 4.04. The molecule has 1 saturated heterocycles. The van der Waals surface area contributed by atoms with Gasteiger partial charge in [-0.25, -0.2) is 0 Å². The van der Waals surface area contributed by atoms with E-state index in [-0.39, 0.29) is 0 Å². The summed E-state index contributed by atoms with van der Waals surface area (Å²) in [5.74, 6) is -1.15. The third-order valence-electron chi connectivity index (χ3n) is 2.54. The van der Waals surface area contributed by atoms with Gasteiger partial charge in [0.05, 0.1) is 6.61 Å². The van der Waals surface area contributed by atoms with Crippen molar-refractivity contribution in [2.24, 2.45) is 0 Å². The van der Waals surface area contributed by atoms with E-state index in [1.54, 1.807) is 0 Å². The number of ether oxygens (including phenoxy) is 2. The Kier molecular flexibility index (Phi) is 5.03. The lowest BCUT2D eigenvalue weighted by Gasteiger charge is -2.41. The molecule has 1 amide bonds. The van der Waals surface area contributed by atoms with Gasteiger partial charge in [-0.3, -0.25) is 9.59 Å². The molecular formula is C10H17NO7. The Morgan fingerprint density at radius 1 is 1.33 bits per heavy atom. The van der Waals surface area contributed by atoms with Crippen molar-refractivity contribution < 1.29 is 34.4 Å². The lowest BCUT2D eigenvalue weighted by Crippen LogP contribution is -2.64. The molecule has 0 aromatic carbocycles. The predicted molar refractivity (Wildman–Crippen MR) is 57.1 cm³/mol. The van der Waals surface area contributed by atoms with Crippen LogP contribution in [-0.2, 0) is 19.1 Å². The molecule has 104 valence electrons. The van der Waals surface area contributed by atoms with Gasteiger partial charge in [-0.15, -0.1) is 0 Å². The molecule has 0 aromatic rings. The summed E-state index contributed by atoms with van der Waals surface area (Å²) in [6.45, 7) is 1.80. The van der Waals surface area contributed by atoms with E-state index in [2.05, 4.69) is 5.32 Å². The van der Waals surface area contributed by atoms with E-state index in [9.17, 15) is 19.8 Å². The number of nitrogens with one attached hydrogen (secondary N) is 1. The highest BCUT2D eigenvalue weighted by Gasteiger charge is 2.46. The first-order chi connectivity index (χ1) is 8.36. The highest BCUT2D eigenvalue weighted by atomic mass is 16.6. The first-order valence-electron chi connectivity index (χ1n) is 5.43. The summed E-state index contributed by atoms with van der Waals surface area (Å²) in [5, 5.41) is 30.9. The summed E-state index contributed by atoms with van der Waals surface area (Å²) in [6, 6.07) is -1.13. The van der Waals surface area contributed by atoms with Crippen molar-refractivity contribution in [1.82, 2.24) is 5.32 Å². The number of hydrogen-bond acceptors (Lipinski definition) is 7. The lowest BCUT2D eigenvalue weighted by molar-refractivity contribution is -0.259. The van der Waals surface area contributed by atoms with Crippen LogP contribution in [0.25, 0.3) is 0 Å². The minimum absolute atomic E-state index is 0.481. The molecule has 1 fully saturated rings. The summed E-state index contributed by atoms with van der Waals surface area (Å²) in [7, 11) is 0. The average molecular weight is 263 g/mol. The minimum Gasteiger partial charge on any atom is -0.457 e. The fourth-order valence-electron chi connectivity index (χ4n) is 1.81. The highest BCUT2D eigenvalue weighted by molar-refractivity contribution is 5.73. The van der Waals surface area contributed by atoms with Gasteiger partial charge < -0.3 is 30.1 Å². The van der Waals surface area contributed by atoms with E-state index < -0.39 is 49.1 Å². The number of amides is 1. The number of carbonyl (C=O) groups is 2. The maximum Gasteiger partial charge on any atom is 0.303 e. The van der Waals surface area contributed by atoms with Crippen LogP contribution in [0.4, 0.5) is 0 Å². The Labute approximate surface area is 104 Å². The van der Waals surface area contributed by atoms with Crippen molar-refractivity contribution in [2.75, 3.05) is 6.61 Å². The van der Waals surface area contributed by atoms with Gasteiger partial charge >= 0.3 is 5.97 Å². The van der Waals surface area contributed by atoms with Gasteiger partial charge in [0.1, 0.15) is 18.2 Å². The second-order valence-corrected chi connectivity index (χ2v) is 4.04. The Bertz CT molecular complexity index is 321. The van der Waals surface area contributed by atoms with Crippen molar-refractivity contribution in [3.8, 4) is 0 Å². The zero-order valence-electron chi connectivity index (χ0n) is 10.1. The number of aliphatic hydroxyl groups is 3. The minimum atomic E-state index is -1.49. The van der Waals surface area contributed by atoms with Crippen LogP contribution < -0.4 is 5.32 Å². The van der Waals surface area contributed by atoms with Crippen LogP contribution in [0.1, 0.15) is 13.8 Å². The number of rotatable bonds is 3. The fraction of sp³-hybridized carbons (Fsp3) is 0.800. The Hall–Kier alpha value is -1.22. The highest BCUT2D eigenvalue weighted by Crippen LogP contribution is 2.22. The van der Waals surface area contributed by atoms with Gasteiger partial charge in [0, 0.05) is 13.8 Å². The molecule has 0 bridgehead atoms. The van der Waals surface area contributed by atoms with Gasteiger partial charge in [0.15, 0.2) is 12.4 Å². The standard InChI is InChI=1S/C10H17NO7/c1-4(13)11-7-8(15)9(17-5(2)14)6(3-12)18-10(7)16/h6-10,12,15-16H,3H2,1-2H3,(H,11,13)/t6-,7+,8+,9+,10+/m0/s1. The maximum atomic E-state index is 10.9. The third-order valence-corrected chi connectivity index (χ3v) is 2.54. The van der Waals surface area contributed by atoms with Crippen molar-refractivity contribution in [3.05, 3.63) is 0 Å². The molecule has 4 N–H and O–H groups in total. The van der Waals surface area contributed by atoms with E-state index >= 15 is 0 Å². The van der Waals surface area contributed by atoms with Gasteiger partial charge in [-0.05, 0) is 0 Å². The molecule has 8 heteroatoms. The van der Waals surface area contributed by atoms with Crippen LogP contribution in [0.2, 0.25) is 0 Å². The molecule has 5 atom stereocenters. The van der Waals surface area contributed by atoms with Crippen LogP contribution in [0.5, 0.6) is 0 Å². The Morgan fingerprint density at radius 2 is 1.94 bits per heavy atom. The molecule has 1 aliphatic rings. The van der Waals surface area contributed by atoms with Gasteiger partial charge in [-0.1, -0.05) is 0 Å². The monoisotopic (exact) mass is 263 g/mol. The predicted octanol–water partition coefficient (Wildman–Crippen LogP) is -2.51. The molecule has 18 heavy (non-hydrogen) atoms. The largest absolute Gasteiger partial charge is 0.457 e. The number of carbonyl (C=O) groups excluding carboxylic acids is 2. The molecule has 0 spiro atoms. The molecule has 0 saturated carbocycles. The normalized spacial score (nSPS) is 35.9. The molecule has 1 aliphatic heterocycles. The van der Waals surface area contributed by atoms with Gasteiger partial charge in [-0.2, -0.15) is 0 Å². The van der Waals surface area contributed by atoms with Crippen molar-refractivity contribution in [2.45, 2.75) is 44.5 Å². The SMILES string of the molecule is CC(=O)N[C@@H]1[C@@H](O)[C@H](OC(C)=O)[C@H](CO)O[C@H]1O. The van der Waals surface area contributed by atoms with Crippen LogP contribution in [0, 0.1) is 0 Å². The summed E-state index contributed by atoms with van der Waals surface area (Å²) in [4.78, 5) is 21.8. The average Bonchev–Trinajstić information content (AvgIpc) is 2.27. The zero-order chi connectivity index (χ0) is 13.9. The summed E-state index contributed by atoms with van der Waals surface area (Å²) >= 11 is 0. The van der Waals surface area contributed by atoms with Crippen LogP contribution in [0.3, 0.4) is 0 Å². The van der Waals surface area contributed by atoms with Gasteiger partial charge in [0.2, 0.25) is 5.91 Å². The molecule has 1 heterocycles. The first kappa shape index (κ1) is 14.8. The van der Waals surface area contributed by atoms with Crippen molar-refractivity contribution in [1.29, 1.82) is 0 Å². The van der Waals surface area contributed by atoms with Crippen LogP contribution >= 0.6 is 0 Å². The second kappa shape index (κ2) is 6.10. The molecule has 1 rings (SSSR count). The van der Waals surface area contributed by atoms with E-state index in [4.69, 9.17) is 14.6 Å². The fourth-order valence-corrected chi connectivity index (χ4v) is 1.81. The summed E-state index contributed by atoms with van der Waals surface area (Å²) in [6.07, 6.45) is -5.08. The molecule has 8 nitrogen and oxygen atoms in total. The van der Waals surface area contributed by atoms with E-state index in [1.165, 1.54) is 6.92 Å². The maximum absolute atomic E-state index is 10.9. The number of hydrogen-bond donors (Lipinski definition) is 4. The van der Waals surface area contributed by atoms with E-state index in [0.717, 1.165) is 6.92 Å². The summed E-state index contributed by atoms with van der Waals surface area (Å²) in [5.41, 5.74) is 0. The Balaban J connectivity index is 2.84. The zero-order valence-corrected chi connectivity index (χ0v) is 10.1. The molecule has 0 aliphatic carbocycles.